The average molecular weight is 292 g/mol. The van der Waals surface area contributed by atoms with E-state index in [0.717, 1.165) is 15.7 Å². The summed E-state index contributed by atoms with van der Waals surface area (Å²) < 4.78 is 39.5. The van der Waals surface area contributed by atoms with Crippen LogP contribution >= 0.6 is 11.3 Å². The van der Waals surface area contributed by atoms with E-state index in [0.29, 0.717) is 5.69 Å². The van der Waals surface area contributed by atoms with E-state index in [2.05, 4.69) is 4.98 Å². The Balaban J connectivity index is 2.87. The molecule has 0 fully saturated rings. The third-order valence-corrected chi connectivity index (χ3v) is 3.43. The summed E-state index contributed by atoms with van der Waals surface area (Å²) in [6.45, 7) is 5.40. The number of rotatable bonds is 1. The maximum Gasteiger partial charge on any atom is 0.435 e. The minimum absolute atomic E-state index is 0.0367. The number of halogens is 3. The van der Waals surface area contributed by atoms with Gasteiger partial charge in [-0.2, -0.15) is 13.2 Å². The normalized spacial score (nSPS) is 13.2. The van der Waals surface area contributed by atoms with Crippen molar-refractivity contribution in [2.24, 2.45) is 0 Å². The molecule has 0 atom stereocenters. The lowest BCUT2D eigenvalue weighted by Gasteiger charge is -2.18. The van der Waals surface area contributed by atoms with Gasteiger partial charge in [-0.1, -0.05) is 20.8 Å². The first-order valence-corrected chi connectivity index (χ1v) is 6.22. The molecule has 0 aliphatic heterocycles. The molecule has 0 bridgehead atoms. The summed E-state index contributed by atoms with van der Waals surface area (Å²) in [5.41, 5.74) is -2.16. The van der Waals surface area contributed by atoms with Gasteiger partial charge in [0.2, 0.25) is 0 Å². The summed E-state index contributed by atoms with van der Waals surface area (Å²) in [7, 11) is 0. The van der Waals surface area contributed by atoms with Gasteiger partial charge in [0.15, 0.2) is 16.3 Å². The Morgan fingerprint density at radius 2 is 1.95 bits per heavy atom. The zero-order valence-electron chi connectivity index (χ0n) is 10.4. The molecule has 0 amide bonds. The molecule has 19 heavy (non-hydrogen) atoms. The van der Waals surface area contributed by atoms with Crippen LogP contribution in [-0.4, -0.2) is 20.5 Å². The summed E-state index contributed by atoms with van der Waals surface area (Å²) in [5, 5.41) is 10.7. The van der Waals surface area contributed by atoms with E-state index in [9.17, 15) is 18.0 Å². The van der Waals surface area contributed by atoms with Gasteiger partial charge in [-0.15, -0.1) is 11.3 Å². The number of carbonyl (C=O) groups is 1. The molecule has 0 radical (unpaired) electrons. The van der Waals surface area contributed by atoms with Crippen molar-refractivity contribution in [3.63, 3.8) is 0 Å². The average Bonchev–Trinajstić information content (AvgIpc) is 2.68. The summed E-state index contributed by atoms with van der Waals surface area (Å²) in [6.07, 6.45) is -4.78. The van der Waals surface area contributed by atoms with E-state index in [4.69, 9.17) is 5.11 Å². The highest BCUT2D eigenvalue weighted by molar-refractivity contribution is 7.15. The van der Waals surface area contributed by atoms with Crippen LogP contribution in [0.2, 0.25) is 0 Å². The molecule has 2 heterocycles. The molecule has 0 spiro atoms. The van der Waals surface area contributed by atoms with Crippen LogP contribution in [0.25, 0.3) is 4.96 Å². The number of carboxylic acids is 1. The van der Waals surface area contributed by atoms with Crippen molar-refractivity contribution in [3.8, 4) is 0 Å². The second kappa shape index (κ2) is 3.96. The van der Waals surface area contributed by atoms with Crippen molar-refractivity contribution in [2.45, 2.75) is 32.4 Å². The van der Waals surface area contributed by atoms with Crippen LogP contribution in [0, 0.1) is 0 Å². The monoisotopic (exact) mass is 292 g/mol. The number of hydrogen-bond acceptors (Lipinski definition) is 3. The topological polar surface area (TPSA) is 54.6 Å². The molecule has 0 saturated heterocycles. The van der Waals surface area contributed by atoms with Crippen molar-refractivity contribution in [3.05, 3.63) is 22.5 Å². The second-order valence-corrected chi connectivity index (χ2v) is 5.94. The van der Waals surface area contributed by atoms with Crippen LogP contribution in [0.3, 0.4) is 0 Å². The largest absolute Gasteiger partial charge is 0.476 e. The highest BCUT2D eigenvalue weighted by Gasteiger charge is 2.41. The molecule has 0 saturated carbocycles. The number of aromatic carboxylic acids is 1. The van der Waals surface area contributed by atoms with Gasteiger partial charge in [0.05, 0.1) is 0 Å². The fourth-order valence-corrected chi connectivity index (χ4v) is 2.89. The highest BCUT2D eigenvalue weighted by Crippen LogP contribution is 2.36. The Morgan fingerprint density at radius 1 is 1.37 bits per heavy atom. The van der Waals surface area contributed by atoms with Gasteiger partial charge in [0, 0.05) is 16.5 Å². The summed E-state index contributed by atoms with van der Waals surface area (Å²) >= 11 is 0.998. The van der Waals surface area contributed by atoms with Gasteiger partial charge in [0.1, 0.15) is 0 Å². The third-order valence-electron chi connectivity index (χ3n) is 2.60. The van der Waals surface area contributed by atoms with Gasteiger partial charge >= 0.3 is 12.1 Å². The van der Waals surface area contributed by atoms with Crippen LogP contribution in [-0.2, 0) is 11.6 Å². The number of hydrogen-bond donors (Lipinski definition) is 1. The van der Waals surface area contributed by atoms with E-state index >= 15 is 0 Å². The highest BCUT2D eigenvalue weighted by atomic mass is 32.1. The van der Waals surface area contributed by atoms with E-state index in [1.807, 2.05) is 0 Å². The molecule has 0 aliphatic rings. The Labute approximate surface area is 110 Å². The molecule has 0 aromatic carbocycles. The number of carboxylic acid groups (broad SMARTS) is 1. The number of alkyl halides is 3. The SMILES string of the molecule is CC(C)(C)c1csc2nc(C(F)(F)F)c(C(=O)O)n12. The van der Waals surface area contributed by atoms with E-state index < -0.39 is 28.9 Å². The standard InChI is InChI=1S/C11H11F3N2O2S/c1-10(2,3)5-4-19-9-15-7(11(12,13)14)6(8(17)18)16(5)9/h4H,1-3H3,(H,17,18). The maximum atomic E-state index is 12.8. The van der Waals surface area contributed by atoms with Crippen LogP contribution < -0.4 is 0 Å². The second-order valence-electron chi connectivity index (χ2n) is 5.10. The van der Waals surface area contributed by atoms with Crippen molar-refractivity contribution in [2.75, 3.05) is 0 Å². The van der Waals surface area contributed by atoms with Crippen LogP contribution in [0.5, 0.6) is 0 Å². The molecule has 2 aromatic rings. The first-order chi connectivity index (χ1) is 8.53. The Hall–Kier alpha value is -1.57. The summed E-state index contributed by atoms with van der Waals surface area (Å²) in [4.78, 5) is 14.6. The predicted molar refractivity (Wildman–Crippen MR) is 63.7 cm³/mol. The fraction of sp³-hybridized carbons (Fsp3) is 0.455. The molecule has 2 aromatic heterocycles. The minimum atomic E-state index is -4.78. The predicted octanol–water partition coefficient (Wildman–Crippen LogP) is 3.41. The van der Waals surface area contributed by atoms with Crippen molar-refractivity contribution in [1.82, 2.24) is 9.38 Å². The molecular weight excluding hydrogens is 281 g/mol. The van der Waals surface area contributed by atoms with Crippen molar-refractivity contribution in [1.29, 1.82) is 0 Å². The first-order valence-electron chi connectivity index (χ1n) is 5.34. The van der Waals surface area contributed by atoms with E-state index in [-0.39, 0.29) is 4.96 Å². The van der Waals surface area contributed by atoms with Gasteiger partial charge in [-0.3, -0.25) is 4.40 Å². The molecule has 0 aliphatic carbocycles. The quantitative estimate of drug-likeness (QED) is 0.876. The van der Waals surface area contributed by atoms with Gasteiger partial charge < -0.3 is 5.11 Å². The molecule has 4 nitrogen and oxygen atoms in total. The van der Waals surface area contributed by atoms with E-state index in [1.54, 1.807) is 26.2 Å². The van der Waals surface area contributed by atoms with Crippen molar-refractivity contribution < 1.29 is 23.1 Å². The zero-order chi connectivity index (χ0) is 14.6. The Bertz CT molecular complexity index is 649. The molecule has 104 valence electrons. The van der Waals surface area contributed by atoms with Crippen LogP contribution in [0.15, 0.2) is 5.38 Å². The molecular formula is C11H11F3N2O2S. The molecule has 8 heteroatoms. The first kappa shape index (κ1) is 13.9. The lowest BCUT2D eigenvalue weighted by Crippen LogP contribution is -2.19. The van der Waals surface area contributed by atoms with Gasteiger partial charge in [-0.05, 0) is 0 Å². The number of aromatic nitrogens is 2. The fourth-order valence-electron chi connectivity index (χ4n) is 1.77. The summed E-state index contributed by atoms with van der Waals surface area (Å²) in [6, 6.07) is 0. The van der Waals surface area contributed by atoms with Crippen molar-refractivity contribution >= 4 is 22.3 Å². The van der Waals surface area contributed by atoms with Crippen LogP contribution in [0.1, 0.15) is 42.6 Å². The van der Waals surface area contributed by atoms with Gasteiger partial charge in [-0.25, -0.2) is 9.78 Å². The molecule has 1 N–H and O–H groups in total. The lowest BCUT2D eigenvalue weighted by atomic mass is 9.93. The number of fused-ring (bicyclic) bond motifs is 1. The smallest absolute Gasteiger partial charge is 0.435 e. The number of nitrogens with zero attached hydrogens (tertiary/aromatic N) is 2. The molecule has 0 unspecified atom stereocenters. The maximum absolute atomic E-state index is 12.8. The molecule has 2 rings (SSSR count). The third kappa shape index (κ3) is 2.20. The van der Waals surface area contributed by atoms with Gasteiger partial charge in [0.25, 0.3) is 0 Å². The minimum Gasteiger partial charge on any atom is -0.476 e. The summed E-state index contributed by atoms with van der Waals surface area (Å²) in [5.74, 6) is -1.64. The number of thiazole rings is 1. The zero-order valence-corrected chi connectivity index (χ0v) is 11.2. The van der Waals surface area contributed by atoms with E-state index in [1.165, 1.54) is 0 Å². The lowest BCUT2D eigenvalue weighted by molar-refractivity contribution is -0.141. The Kier molecular flexibility index (Phi) is 2.89. The number of imidazole rings is 1. The Morgan fingerprint density at radius 3 is 2.37 bits per heavy atom. The van der Waals surface area contributed by atoms with Crippen LogP contribution in [0.4, 0.5) is 13.2 Å².